The number of hydrogen-bond donors (Lipinski definition) is 1. The molecule has 0 unspecified atom stereocenters. The quantitative estimate of drug-likeness (QED) is 0.651. The van der Waals surface area contributed by atoms with Crippen LogP contribution in [0, 0.1) is 6.92 Å². The van der Waals surface area contributed by atoms with E-state index < -0.39 is 18.0 Å². The lowest BCUT2D eigenvalue weighted by molar-refractivity contribution is -0.123. The average molecular weight is 374 g/mol. The van der Waals surface area contributed by atoms with E-state index in [1.807, 2.05) is 43.3 Å². The number of carbonyl (C=O) groups is 2. The number of aryl methyl sites for hydroxylation is 1. The zero-order valence-electron chi connectivity index (χ0n) is 13.7. The molecule has 0 saturated heterocycles. The molecule has 25 heavy (non-hydrogen) atoms. The third kappa shape index (κ3) is 3.83. The van der Waals surface area contributed by atoms with Gasteiger partial charge in [0.2, 0.25) is 0 Å². The zero-order chi connectivity index (χ0) is 18.0. The summed E-state index contributed by atoms with van der Waals surface area (Å²) < 4.78 is 6.18. The Morgan fingerprint density at radius 2 is 1.80 bits per heavy atom. The van der Waals surface area contributed by atoms with Gasteiger partial charge in [0.15, 0.2) is 6.10 Å². The lowest BCUT2D eigenvalue weighted by Crippen LogP contribution is -2.29. The van der Waals surface area contributed by atoms with Crippen molar-refractivity contribution < 1.29 is 14.3 Å². The van der Waals surface area contributed by atoms with Crippen LogP contribution < -0.4 is 5.32 Å². The van der Waals surface area contributed by atoms with Crippen molar-refractivity contribution in [2.75, 3.05) is 5.32 Å². The summed E-state index contributed by atoms with van der Waals surface area (Å²) in [5.41, 5.74) is 1.75. The average Bonchev–Trinajstić information content (AvgIpc) is 2.94. The second-order valence-corrected chi connectivity index (χ2v) is 7.07. The molecule has 0 fully saturated rings. The monoisotopic (exact) mass is 373 g/mol. The number of carbonyl (C=O) groups excluding carboxylic acids is 2. The van der Waals surface area contributed by atoms with Crippen LogP contribution in [-0.2, 0) is 9.53 Å². The summed E-state index contributed by atoms with van der Waals surface area (Å²) in [7, 11) is 0. The summed E-state index contributed by atoms with van der Waals surface area (Å²) >= 11 is 7.52. The fraction of sp³-hybridized carbons (Fsp3) is 0.158. The van der Waals surface area contributed by atoms with Gasteiger partial charge in [0, 0.05) is 15.8 Å². The number of ether oxygens (including phenoxy) is 1. The summed E-state index contributed by atoms with van der Waals surface area (Å²) in [6.07, 6.45) is -0.935. The van der Waals surface area contributed by atoms with Crippen molar-refractivity contribution in [3.8, 4) is 0 Å². The number of benzene rings is 2. The molecule has 1 N–H and O–H groups in total. The minimum Gasteiger partial charge on any atom is -0.448 e. The highest BCUT2D eigenvalue weighted by atomic mass is 35.5. The van der Waals surface area contributed by atoms with Gasteiger partial charge in [-0.2, -0.15) is 0 Å². The number of amides is 1. The van der Waals surface area contributed by atoms with E-state index >= 15 is 0 Å². The molecule has 2 aromatic carbocycles. The Labute approximate surface area is 154 Å². The molecular weight excluding hydrogens is 358 g/mol. The second kappa shape index (κ2) is 7.25. The van der Waals surface area contributed by atoms with Crippen LogP contribution in [0.4, 0.5) is 5.69 Å². The number of thiophene rings is 1. The Hall–Kier alpha value is -2.37. The fourth-order valence-corrected chi connectivity index (χ4v) is 3.68. The van der Waals surface area contributed by atoms with Crippen molar-refractivity contribution in [1.29, 1.82) is 0 Å². The van der Waals surface area contributed by atoms with Gasteiger partial charge in [-0.1, -0.05) is 47.5 Å². The van der Waals surface area contributed by atoms with Gasteiger partial charge >= 0.3 is 5.97 Å². The topological polar surface area (TPSA) is 55.4 Å². The van der Waals surface area contributed by atoms with Crippen molar-refractivity contribution in [1.82, 2.24) is 0 Å². The predicted octanol–water partition coefficient (Wildman–Crippen LogP) is 5.05. The third-order valence-corrected chi connectivity index (χ3v) is 5.35. The fourth-order valence-electron chi connectivity index (χ4n) is 2.29. The summed E-state index contributed by atoms with van der Waals surface area (Å²) in [6, 6.07) is 14.8. The molecule has 1 heterocycles. The summed E-state index contributed by atoms with van der Waals surface area (Å²) in [5.74, 6) is -0.993. The van der Waals surface area contributed by atoms with Gasteiger partial charge < -0.3 is 10.1 Å². The Kier molecular flexibility index (Phi) is 5.06. The molecule has 0 bridgehead atoms. The first-order chi connectivity index (χ1) is 12.0. The van der Waals surface area contributed by atoms with E-state index in [0.29, 0.717) is 15.6 Å². The number of hydrogen-bond acceptors (Lipinski definition) is 4. The van der Waals surface area contributed by atoms with Gasteiger partial charge in [0.05, 0.1) is 5.02 Å². The summed E-state index contributed by atoms with van der Waals surface area (Å²) in [6.45, 7) is 3.49. The van der Waals surface area contributed by atoms with Crippen molar-refractivity contribution in [2.45, 2.75) is 20.0 Å². The Morgan fingerprint density at radius 1 is 1.12 bits per heavy atom. The molecule has 1 atom stereocenters. The Balaban J connectivity index is 1.69. The van der Waals surface area contributed by atoms with Gasteiger partial charge in [0.1, 0.15) is 4.88 Å². The smallest absolute Gasteiger partial charge is 0.350 e. The lowest BCUT2D eigenvalue weighted by atomic mass is 10.2. The molecule has 3 aromatic rings. The summed E-state index contributed by atoms with van der Waals surface area (Å²) in [4.78, 5) is 24.9. The third-order valence-electron chi connectivity index (χ3n) is 3.69. The minimum atomic E-state index is -0.935. The van der Waals surface area contributed by atoms with Crippen LogP contribution >= 0.6 is 22.9 Å². The first-order valence-corrected chi connectivity index (χ1v) is 8.90. The van der Waals surface area contributed by atoms with Crippen LogP contribution in [0.1, 0.15) is 22.2 Å². The maximum absolute atomic E-state index is 12.4. The highest BCUT2D eigenvalue weighted by Crippen LogP contribution is 2.35. The lowest BCUT2D eigenvalue weighted by Gasteiger charge is -2.13. The predicted molar refractivity (Wildman–Crippen MR) is 102 cm³/mol. The highest BCUT2D eigenvalue weighted by molar-refractivity contribution is 7.21. The van der Waals surface area contributed by atoms with E-state index in [2.05, 4.69) is 5.32 Å². The van der Waals surface area contributed by atoms with E-state index in [4.69, 9.17) is 16.3 Å². The number of rotatable bonds is 4. The van der Waals surface area contributed by atoms with Gasteiger partial charge in [-0.25, -0.2) is 4.79 Å². The van der Waals surface area contributed by atoms with Gasteiger partial charge in [0.25, 0.3) is 5.91 Å². The molecule has 0 spiro atoms. The maximum Gasteiger partial charge on any atom is 0.350 e. The van der Waals surface area contributed by atoms with E-state index in [1.165, 1.54) is 18.3 Å². The molecule has 1 aromatic heterocycles. The molecule has 0 aliphatic carbocycles. The molecule has 3 rings (SSSR count). The van der Waals surface area contributed by atoms with Crippen LogP contribution in [0.15, 0.2) is 48.5 Å². The summed E-state index contributed by atoms with van der Waals surface area (Å²) in [5, 5.41) is 3.88. The number of halogens is 1. The molecule has 1 amide bonds. The Morgan fingerprint density at radius 3 is 2.48 bits per heavy atom. The highest BCUT2D eigenvalue weighted by Gasteiger charge is 2.23. The molecule has 0 aliphatic rings. The first kappa shape index (κ1) is 17.5. The molecule has 6 heteroatoms. The molecule has 0 saturated carbocycles. The van der Waals surface area contributed by atoms with Crippen LogP contribution in [0.2, 0.25) is 5.02 Å². The largest absolute Gasteiger partial charge is 0.448 e. The number of fused-ring (bicyclic) bond motifs is 1. The van der Waals surface area contributed by atoms with Crippen LogP contribution in [0.5, 0.6) is 0 Å². The van der Waals surface area contributed by atoms with Crippen LogP contribution in [0.3, 0.4) is 0 Å². The molecular formula is C19H16ClNO3S. The van der Waals surface area contributed by atoms with E-state index in [1.54, 1.807) is 12.1 Å². The van der Waals surface area contributed by atoms with E-state index in [-0.39, 0.29) is 0 Å². The van der Waals surface area contributed by atoms with Crippen molar-refractivity contribution in [3.05, 3.63) is 64.0 Å². The second-order valence-electron chi connectivity index (χ2n) is 5.64. The minimum absolute atomic E-state index is 0.304. The van der Waals surface area contributed by atoms with E-state index in [9.17, 15) is 9.59 Å². The number of nitrogens with one attached hydrogen (secondary N) is 1. The van der Waals surface area contributed by atoms with Crippen LogP contribution in [-0.4, -0.2) is 18.0 Å². The van der Waals surface area contributed by atoms with Gasteiger partial charge in [-0.05, 0) is 32.0 Å². The van der Waals surface area contributed by atoms with Crippen molar-refractivity contribution in [3.63, 3.8) is 0 Å². The van der Waals surface area contributed by atoms with Crippen LogP contribution in [0.25, 0.3) is 10.1 Å². The van der Waals surface area contributed by atoms with Crippen molar-refractivity contribution in [2.24, 2.45) is 0 Å². The standard InChI is InChI=1S/C19H16ClNO3S/c1-11-7-9-13(10-8-11)21-18(22)12(2)24-19(23)17-16(20)14-5-3-4-6-15(14)25-17/h3-10,12H,1-2H3,(H,21,22)/t12-/m1/s1. The molecule has 128 valence electrons. The molecule has 0 radical (unpaired) electrons. The molecule has 0 aliphatic heterocycles. The molecule has 4 nitrogen and oxygen atoms in total. The maximum atomic E-state index is 12.4. The van der Waals surface area contributed by atoms with Gasteiger partial charge in [-0.15, -0.1) is 11.3 Å². The number of anilines is 1. The Bertz CT molecular complexity index is 933. The number of esters is 1. The zero-order valence-corrected chi connectivity index (χ0v) is 15.3. The van der Waals surface area contributed by atoms with E-state index in [0.717, 1.165) is 15.6 Å². The normalized spacial score (nSPS) is 12.0. The van der Waals surface area contributed by atoms with Crippen molar-refractivity contribution >= 4 is 50.6 Å². The first-order valence-electron chi connectivity index (χ1n) is 7.71. The SMILES string of the molecule is Cc1ccc(NC(=O)[C@@H](C)OC(=O)c2sc3ccccc3c2Cl)cc1. The van der Waals surface area contributed by atoms with Gasteiger partial charge in [-0.3, -0.25) is 4.79 Å².